The van der Waals surface area contributed by atoms with Gasteiger partial charge in [0.25, 0.3) is 0 Å². The third kappa shape index (κ3) is 4.19. The predicted molar refractivity (Wildman–Crippen MR) is 87.0 cm³/mol. The minimum absolute atomic E-state index is 0.117. The molecule has 1 heterocycles. The Morgan fingerprint density at radius 1 is 1.41 bits per heavy atom. The van der Waals surface area contributed by atoms with E-state index >= 15 is 0 Å². The molecule has 0 saturated carbocycles. The van der Waals surface area contributed by atoms with Gasteiger partial charge in [-0.25, -0.2) is 17.1 Å². The van der Waals surface area contributed by atoms with E-state index in [1.165, 1.54) is 16.6 Å². The topological polar surface area (TPSA) is 49.4 Å². The lowest BCUT2D eigenvalue weighted by Gasteiger charge is -2.33. The highest BCUT2D eigenvalue weighted by Gasteiger charge is 2.27. The summed E-state index contributed by atoms with van der Waals surface area (Å²) in [6.45, 7) is 3.00. The SMILES string of the molecule is CC[C@@H](NC1CCN(S(C)(=O)=O)CC1)c1cccc(Cl)c1F. The zero-order valence-corrected chi connectivity index (χ0v) is 14.4. The first-order chi connectivity index (χ1) is 10.3. The molecule has 22 heavy (non-hydrogen) atoms. The van der Waals surface area contributed by atoms with E-state index in [1.54, 1.807) is 12.1 Å². The van der Waals surface area contributed by atoms with E-state index in [1.807, 2.05) is 6.92 Å². The molecule has 1 N–H and O–H groups in total. The molecule has 2 rings (SSSR count). The summed E-state index contributed by atoms with van der Waals surface area (Å²) >= 11 is 5.85. The van der Waals surface area contributed by atoms with Gasteiger partial charge in [0.05, 0.1) is 11.3 Å². The molecular formula is C15H22ClFN2O2S. The molecule has 0 spiro atoms. The molecule has 0 bridgehead atoms. The molecule has 1 aliphatic rings. The second-order valence-corrected chi connectivity index (χ2v) is 8.10. The summed E-state index contributed by atoms with van der Waals surface area (Å²) in [5.41, 5.74) is 0.570. The zero-order chi connectivity index (χ0) is 16.3. The van der Waals surface area contributed by atoms with Crippen LogP contribution in [-0.2, 0) is 10.0 Å². The Morgan fingerprint density at radius 2 is 2.05 bits per heavy atom. The fraction of sp³-hybridized carbons (Fsp3) is 0.600. The van der Waals surface area contributed by atoms with E-state index in [-0.39, 0.29) is 22.9 Å². The molecule has 0 aromatic heterocycles. The van der Waals surface area contributed by atoms with Crippen LogP contribution in [-0.4, -0.2) is 38.1 Å². The highest BCUT2D eigenvalue weighted by Crippen LogP contribution is 2.27. The quantitative estimate of drug-likeness (QED) is 0.890. The molecule has 0 radical (unpaired) electrons. The molecule has 0 amide bonds. The summed E-state index contributed by atoms with van der Waals surface area (Å²) in [7, 11) is -3.12. The van der Waals surface area contributed by atoms with E-state index in [4.69, 9.17) is 11.6 Å². The maximum atomic E-state index is 14.2. The maximum Gasteiger partial charge on any atom is 0.211 e. The van der Waals surface area contributed by atoms with Crippen LogP contribution in [0.4, 0.5) is 4.39 Å². The van der Waals surface area contributed by atoms with E-state index in [0.29, 0.717) is 18.7 Å². The minimum Gasteiger partial charge on any atom is -0.307 e. The van der Waals surface area contributed by atoms with Crippen molar-refractivity contribution >= 4 is 21.6 Å². The number of halogens is 2. The monoisotopic (exact) mass is 348 g/mol. The van der Waals surface area contributed by atoms with Gasteiger partial charge in [-0.1, -0.05) is 30.7 Å². The number of piperidine rings is 1. The number of benzene rings is 1. The van der Waals surface area contributed by atoms with E-state index in [2.05, 4.69) is 5.32 Å². The van der Waals surface area contributed by atoms with Crippen molar-refractivity contribution in [1.29, 1.82) is 0 Å². The molecule has 1 atom stereocenters. The summed E-state index contributed by atoms with van der Waals surface area (Å²) in [5.74, 6) is -0.378. The fourth-order valence-corrected chi connectivity index (χ4v) is 3.91. The molecule has 1 aromatic rings. The van der Waals surface area contributed by atoms with Gasteiger partial charge < -0.3 is 5.32 Å². The van der Waals surface area contributed by atoms with Crippen molar-refractivity contribution in [3.05, 3.63) is 34.6 Å². The van der Waals surface area contributed by atoms with Crippen LogP contribution in [0.25, 0.3) is 0 Å². The standard InChI is InChI=1S/C15H22ClFN2O2S/c1-3-14(12-5-4-6-13(16)15(12)17)18-11-7-9-19(10-8-11)22(2,20)21/h4-6,11,14,18H,3,7-10H2,1-2H3/t14-/m1/s1. The second kappa shape index (κ2) is 7.25. The highest BCUT2D eigenvalue weighted by molar-refractivity contribution is 7.88. The van der Waals surface area contributed by atoms with Crippen LogP contribution in [0, 0.1) is 5.82 Å². The van der Waals surface area contributed by atoms with Crippen molar-refractivity contribution in [1.82, 2.24) is 9.62 Å². The molecule has 4 nitrogen and oxygen atoms in total. The highest BCUT2D eigenvalue weighted by atomic mass is 35.5. The third-order valence-electron chi connectivity index (χ3n) is 4.12. The van der Waals surface area contributed by atoms with Crippen LogP contribution in [0.3, 0.4) is 0 Å². The number of rotatable bonds is 5. The van der Waals surface area contributed by atoms with Gasteiger partial charge in [-0.2, -0.15) is 0 Å². The molecule has 1 aromatic carbocycles. The van der Waals surface area contributed by atoms with Gasteiger partial charge >= 0.3 is 0 Å². The van der Waals surface area contributed by atoms with Crippen molar-refractivity contribution in [2.45, 2.75) is 38.3 Å². The van der Waals surface area contributed by atoms with Crippen molar-refractivity contribution in [2.75, 3.05) is 19.3 Å². The van der Waals surface area contributed by atoms with Gasteiger partial charge in [0.1, 0.15) is 5.82 Å². The van der Waals surface area contributed by atoms with Crippen molar-refractivity contribution in [3.8, 4) is 0 Å². The normalized spacial score (nSPS) is 19.3. The molecule has 1 aliphatic heterocycles. The number of hydrogen-bond acceptors (Lipinski definition) is 3. The Bertz CT molecular complexity index is 616. The number of nitrogens with zero attached hydrogens (tertiary/aromatic N) is 1. The van der Waals surface area contributed by atoms with Crippen molar-refractivity contribution in [3.63, 3.8) is 0 Å². The molecular weight excluding hydrogens is 327 g/mol. The Hall–Kier alpha value is -0.690. The number of hydrogen-bond donors (Lipinski definition) is 1. The van der Waals surface area contributed by atoms with E-state index in [0.717, 1.165) is 19.3 Å². The van der Waals surface area contributed by atoms with Gasteiger partial charge in [-0.15, -0.1) is 0 Å². The molecule has 1 fully saturated rings. The molecule has 0 unspecified atom stereocenters. The Kier molecular flexibility index (Phi) is 5.82. The summed E-state index contributed by atoms with van der Waals surface area (Å²) in [5, 5.41) is 3.57. The number of sulfonamides is 1. The van der Waals surface area contributed by atoms with Crippen LogP contribution in [0.15, 0.2) is 18.2 Å². The summed E-state index contributed by atoms with van der Waals surface area (Å²) in [4.78, 5) is 0. The minimum atomic E-state index is -3.12. The Labute approximate surface area is 136 Å². The lowest BCUT2D eigenvalue weighted by molar-refractivity contribution is 0.271. The predicted octanol–water partition coefficient (Wildman–Crippen LogP) is 2.94. The van der Waals surface area contributed by atoms with Gasteiger partial charge in [0, 0.05) is 30.7 Å². The zero-order valence-electron chi connectivity index (χ0n) is 12.9. The van der Waals surface area contributed by atoms with Gasteiger partial charge in [-0.05, 0) is 25.3 Å². The molecule has 1 saturated heterocycles. The van der Waals surface area contributed by atoms with Gasteiger partial charge in [0.15, 0.2) is 0 Å². The van der Waals surface area contributed by atoms with Crippen LogP contribution >= 0.6 is 11.6 Å². The Balaban J connectivity index is 2.02. The summed E-state index contributed by atoms with van der Waals surface area (Å²) in [6.07, 6.45) is 3.43. The van der Waals surface area contributed by atoms with Gasteiger partial charge in [-0.3, -0.25) is 0 Å². The largest absolute Gasteiger partial charge is 0.307 e. The molecule has 124 valence electrons. The molecule has 7 heteroatoms. The fourth-order valence-electron chi connectivity index (χ4n) is 2.86. The average Bonchev–Trinajstić information content (AvgIpc) is 2.47. The smallest absolute Gasteiger partial charge is 0.211 e. The first kappa shape index (κ1) is 17.7. The average molecular weight is 349 g/mol. The lowest BCUT2D eigenvalue weighted by atomic mass is 9.99. The second-order valence-electron chi connectivity index (χ2n) is 5.71. The lowest BCUT2D eigenvalue weighted by Crippen LogP contribution is -2.45. The van der Waals surface area contributed by atoms with Crippen LogP contribution in [0.2, 0.25) is 5.02 Å². The van der Waals surface area contributed by atoms with Crippen molar-refractivity contribution in [2.24, 2.45) is 0 Å². The maximum absolute atomic E-state index is 14.2. The van der Waals surface area contributed by atoms with E-state index < -0.39 is 10.0 Å². The van der Waals surface area contributed by atoms with Gasteiger partial charge in [0.2, 0.25) is 10.0 Å². The summed E-state index contributed by atoms with van der Waals surface area (Å²) < 4.78 is 38.7. The first-order valence-corrected chi connectivity index (χ1v) is 9.70. The van der Waals surface area contributed by atoms with Crippen LogP contribution in [0.1, 0.15) is 37.8 Å². The number of nitrogens with one attached hydrogen (secondary N) is 1. The van der Waals surface area contributed by atoms with E-state index in [9.17, 15) is 12.8 Å². The first-order valence-electron chi connectivity index (χ1n) is 7.48. The van der Waals surface area contributed by atoms with Crippen LogP contribution < -0.4 is 5.32 Å². The summed E-state index contributed by atoms with van der Waals surface area (Å²) in [6, 6.07) is 5.10. The van der Waals surface area contributed by atoms with Crippen molar-refractivity contribution < 1.29 is 12.8 Å². The van der Waals surface area contributed by atoms with Crippen LogP contribution in [0.5, 0.6) is 0 Å². The Morgan fingerprint density at radius 3 is 2.59 bits per heavy atom. The molecule has 0 aliphatic carbocycles. The third-order valence-corrected chi connectivity index (χ3v) is 5.72.